The number of methoxy groups -OCH3 is 1. The molecule has 2 aromatic rings. The van der Waals surface area contributed by atoms with Crippen LogP contribution in [-0.2, 0) is 28.7 Å². The van der Waals surface area contributed by atoms with Crippen LogP contribution in [0.15, 0.2) is 29.1 Å². The van der Waals surface area contributed by atoms with Crippen molar-refractivity contribution in [3.8, 4) is 0 Å². The monoisotopic (exact) mass is 355 g/mol. The van der Waals surface area contributed by atoms with Gasteiger partial charge in [-0.3, -0.25) is 4.57 Å². The molecule has 134 valence electrons. The van der Waals surface area contributed by atoms with Gasteiger partial charge in [0.1, 0.15) is 11.9 Å². The number of halogens is 3. The van der Waals surface area contributed by atoms with Crippen LogP contribution in [0.3, 0.4) is 0 Å². The van der Waals surface area contributed by atoms with Gasteiger partial charge in [-0.05, 0) is 30.5 Å². The number of carbonyl (C=O) groups excluding carboxylic acids is 1. The zero-order valence-electron chi connectivity index (χ0n) is 13.4. The van der Waals surface area contributed by atoms with E-state index in [4.69, 9.17) is 4.74 Å². The Bertz CT molecular complexity index is 854. The van der Waals surface area contributed by atoms with E-state index >= 15 is 0 Å². The summed E-state index contributed by atoms with van der Waals surface area (Å²) in [7, 11) is 1.24. The van der Waals surface area contributed by atoms with E-state index in [1.807, 2.05) is 0 Å². The van der Waals surface area contributed by atoms with Crippen LogP contribution in [0.2, 0.25) is 0 Å². The lowest BCUT2D eigenvalue weighted by molar-refractivity contribution is -0.145. The van der Waals surface area contributed by atoms with E-state index in [9.17, 15) is 22.8 Å². The molecule has 0 amide bonds. The molecule has 1 aromatic heterocycles. The smallest absolute Gasteiger partial charge is 0.416 e. The molecule has 0 saturated carbocycles. The Morgan fingerprint density at radius 3 is 2.84 bits per heavy atom. The second-order valence-electron chi connectivity index (χ2n) is 5.86. The number of benzene rings is 1. The van der Waals surface area contributed by atoms with Gasteiger partial charge in [0.25, 0.3) is 0 Å². The molecule has 0 fully saturated rings. The summed E-state index contributed by atoms with van der Waals surface area (Å²) < 4.78 is 45.5. The van der Waals surface area contributed by atoms with Crippen molar-refractivity contribution in [3.63, 3.8) is 0 Å². The third-order valence-electron chi connectivity index (χ3n) is 4.19. The van der Waals surface area contributed by atoms with Gasteiger partial charge in [0.05, 0.1) is 19.2 Å². The van der Waals surface area contributed by atoms with Crippen molar-refractivity contribution in [1.29, 1.82) is 0 Å². The van der Waals surface area contributed by atoms with Gasteiger partial charge in [0.15, 0.2) is 0 Å². The maximum Gasteiger partial charge on any atom is 0.416 e. The summed E-state index contributed by atoms with van der Waals surface area (Å²) in [5.41, 5.74) is -1.00. The van der Waals surface area contributed by atoms with Crippen LogP contribution in [-0.4, -0.2) is 27.4 Å². The van der Waals surface area contributed by atoms with Gasteiger partial charge < -0.3 is 4.74 Å². The highest BCUT2D eigenvalue weighted by molar-refractivity contribution is 5.74. The Labute approximate surface area is 140 Å². The number of hydrogen-bond donors (Lipinski definition) is 0. The number of hydrogen-bond acceptors (Lipinski definition) is 4. The molecule has 1 atom stereocenters. The normalized spacial score (nSPS) is 17.2. The Balaban J connectivity index is 1.94. The fraction of sp³-hybridized carbons (Fsp3) is 0.438. The Morgan fingerprint density at radius 1 is 1.40 bits per heavy atom. The SMILES string of the molecule is COC(=O)C1CCCc2nn(Cc3cccc(C(F)(F)F)c3)c(=O)n21. The quantitative estimate of drug-likeness (QED) is 0.792. The molecule has 0 aliphatic carbocycles. The lowest BCUT2D eigenvalue weighted by Crippen LogP contribution is -2.35. The number of fused-ring (bicyclic) bond motifs is 1. The van der Waals surface area contributed by atoms with Crippen molar-refractivity contribution in [2.24, 2.45) is 0 Å². The molecule has 3 rings (SSSR count). The Morgan fingerprint density at radius 2 is 2.16 bits per heavy atom. The molecule has 0 N–H and O–H groups in total. The summed E-state index contributed by atoms with van der Waals surface area (Å²) in [5.74, 6) is -0.0831. The van der Waals surface area contributed by atoms with E-state index in [1.54, 1.807) is 0 Å². The number of aromatic nitrogens is 3. The van der Waals surface area contributed by atoms with Crippen molar-refractivity contribution < 1.29 is 22.7 Å². The maximum absolute atomic E-state index is 12.8. The molecule has 0 radical (unpaired) electrons. The third-order valence-corrected chi connectivity index (χ3v) is 4.19. The molecule has 6 nitrogen and oxygen atoms in total. The van der Waals surface area contributed by atoms with Gasteiger partial charge in [-0.15, -0.1) is 0 Å². The Hall–Kier alpha value is -2.58. The van der Waals surface area contributed by atoms with E-state index in [-0.39, 0.29) is 6.54 Å². The number of carbonyl (C=O) groups is 1. The van der Waals surface area contributed by atoms with Crippen molar-refractivity contribution in [1.82, 2.24) is 14.3 Å². The molecular weight excluding hydrogens is 339 g/mol. The van der Waals surface area contributed by atoms with E-state index in [0.29, 0.717) is 30.7 Å². The molecule has 0 bridgehead atoms. The van der Waals surface area contributed by atoms with Crippen LogP contribution in [0.5, 0.6) is 0 Å². The first kappa shape index (κ1) is 17.2. The molecule has 1 aromatic carbocycles. The van der Waals surface area contributed by atoms with Crippen LogP contribution in [0.4, 0.5) is 13.2 Å². The van der Waals surface area contributed by atoms with E-state index in [2.05, 4.69) is 5.10 Å². The highest BCUT2D eigenvalue weighted by Crippen LogP contribution is 2.29. The zero-order valence-corrected chi connectivity index (χ0v) is 13.4. The van der Waals surface area contributed by atoms with Crippen molar-refractivity contribution in [2.45, 2.75) is 38.0 Å². The minimum absolute atomic E-state index is 0.101. The summed E-state index contributed by atoms with van der Waals surface area (Å²) in [6.07, 6.45) is -2.78. The van der Waals surface area contributed by atoms with Crippen molar-refractivity contribution in [3.05, 3.63) is 51.7 Å². The van der Waals surface area contributed by atoms with Gasteiger partial charge in [-0.2, -0.15) is 18.3 Å². The summed E-state index contributed by atoms with van der Waals surface area (Å²) in [6, 6.07) is 4.01. The number of aryl methyl sites for hydroxylation is 1. The number of esters is 1. The maximum atomic E-state index is 12.8. The average molecular weight is 355 g/mol. The first-order valence-electron chi connectivity index (χ1n) is 7.73. The molecule has 0 spiro atoms. The lowest BCUT2D eigenvalue weighted by Gasteiger charge is -2.20. The van der Waals surface area contributed by atoms with Crippen LogP contribution in [0.1, 0.15) is 35.8 Å². The molecule has 1 aliphatic heterocycles. The second kappa shape index (κ2) is 6.38. The molecule has 0 saturated heterocycles. The predicted octanol–water partition coefficient (Wildman–Crippen LogP) is 2.16. The minimum atomic E-state index is -4.45. The molecule has 25 heavy (non-hydrogen) atoms. The average Bonchev–Trinajstić information content (AvgIpc) is 2.90. The zero-order chi connectivity index (χ0) is 18.2. The molecule has 9 heteroatoms. The van der Waals surface area contributed by atoms with E-state index < -0.39 is 29.4 Å². The molecular formula is C16H16F3N3O3. The van der Waals surface area contributed by atoms with Crippen LogP contribution < -0.4 is 5.69 Å². The molecule has 2 heterocycles. The summed E-state index contributed by atoms with van der Waals surface area (Å²) in [5, 5.41) is 4.18. The first-order chi connectivity index (χ1) is 11.8. The van der Waals surface area contributed by atoms with Crippen LogP contribution >= 0.6 is 0 Å². The van der Waals surface area contributed by atoms with E-state index in [1.165, 1.54) is 23.8 Å². The lowest BCUT2D eigenvalue weighted by atomic mass is 10.1. The number of rotatable bonds is 3. The Kier molecular flexibility index (Phi) is 4.40. The fourth-order valence-corrected chi connectivity index (χ4v) is 3.01. The number of ether oxygens (including phenoxy) is 1. The fourth-order valence-electron chi connectivity index (χ4n) is 3.01. The second-order valence-corrected chi connectivity index (χ2v) is 5.86. The highest BCUT2D eigenvalue weighted by atomic mass is 19.4. The summed E-state index contributed by atoms with van der Waals surface area (Å²) in [4.78, 5) is 24.4. The van der Waals surface area contributed by atoms with Gasteiger partial charge in [-0.25, -0.2) is 14.3 Å². The van der Waals surface area contributed by atoms with Crippen LogP contribution in [0, 0.1) is 0 Å². The number of nitrogens with zero attached hydrogens (tertiary/aromatic N) is 3. The van der Waals surface area contributed by atoms with E-state index in [0.717, 1.165) is 16.8 Å². The summed E-state index contributed by atoms with van der Waals surface area (Å²) in [6.45, 7) is -0.101. The standard InChI is InChI=1S/C16H16F3N3O3/c1-25-14(23)12-6-3-7-13-20-21(15(24)22(12)13)9-10-4-2-5-11(8-10)16(17,18)19/h2,4-5,8,12H,3,6-7,9H2,1H3. The highest BCUT2D eigenvalue weighted by Gasteiger charge is 2.32. The van der Waals surface area contributed by atoms with Gasteiger partial charge >= 0.3 is 17.8 Å². The van der Waals surface area contributed by atoms with Gasteiger partial charge in [0.2, 0.25) is 0 Å². The van der Waals surface area contributed by atoms with Gasteiger partial charge in [0, 0.05) is 6.42 Å². The number of alkyl halides is 3. The largest absolute Gasteiger partial charge is 0.467 e. The molecule has 1 unspecified atom stereocenters. The topological polar surface area (TPSA) is 66.1 Å². The van der Waals surface area contributed by atoms with Crippen molar-refractivity contribution in [2.75, 3.05) is 7.11 Å². The van der Waals surface area contributed by atoms with Gasteiger partial charge in [-0.1, -0.05) is 12.1 Å². The molecule has 1 aliphatic rings. The van der Waals surface area contributed by atoms with Crippen molar-refractivity contribution >= 4 is 5.97 Å². The summed E-state index contributed by atoms with van der Waals surface area (Å²) >= 11 is 0. The third kappa shape index (κ3) is 3.31. The van der Waals surface area contributed by atoms with Crippen LogP contribution in [0.25, 0.3) is 0 Å². The first-order valence-corrected chi connectivity index (χ1v) is 7.73. The minimum Gasteiger partial charge on any atom is -0.467 e. The predicted molar refractivity (Wildman–Crippen MR) is 81.0 cm³/mol.